The zero-order valence-corrected chi connectivity index (χ0v) is 34.4. The number of halogens is 6. The van der Waals surface area contributed by atoms with Gasteiger partial charge in [0.05, 0.1) is 0 Å². The lowest BCUT2D eigenvalue weighted by atomic mass is 10.3. The molecular weight excluding hydrogens is 935 g/mol. The first-order chi connectivity index (χ1) is 24.9. The minimum absolute atomic E-state index is 0.898. The van der Waals surface area contributed by atoms with E-state index in [1.807, 2.05) is 18.2 Å². The molecule has 2 aromatic rings. The van der Waals surface area contributed by atoms with Gasteiger partial charge in [0.1, 0.15) is 11.0 Å². The Bertz CT molecular complexity index is 1480. The summed E-state index contributed by atoms with van der Waals surface area (Å²) in [4.78, 5) is 85.3. The first-order valence-corrected chi connectivity index (χ1v) is 25.1. The molecule has 25 nitrogen and oxygen atoms in total. The summed E-state index contributed by atoms with van der Waals surface area (Å²) in [6, 6.07) is 8.10. The van der Waals surface area contributed by atoms with E-state index in [1.165, 1.54) is 38.5 Å². The van der Waals surface area contributed by atoms with Crippen LogP contribution in [-0.4, -0.2) is 127 Å². The Balaban J connectivity index is 0. The van der Waals surface area contributed by atoms with Crippen LogP contribution < -0.4 is 4.62 Å². The molecule has 0 saturated carbocycles. The van der Waals surface area contributed by atoms with E-state index in [4.69, 9.17) is 90.7 Å². The molecule has 3 saturated heterocycles. The van der Waals surface area contributed by atoms with Crippen molar-refractivity contribution in [3.05, 3.63) is 24.3 Å². The highest BCUT2D eigenvalue weighted by Crippen LogP contribution is 2.68. The highest BCUT2D eigenvalue weighted by atomic mass is 31.2. The van der Waals surface area contributed by atoms with Crippen molar-refractivity contribution in [2.45, 2.75) is 38.5 Å². The zero-order valence-electron chi connectivity index (χ0n) is 28.1. The average Bonchev–Trinajstić information content (AvgIpc) is 3.75. The van der Waals surface area contributed by atoms with Crippen LogP contribution in [0.5, 0.6) is 0 Å². The molecule has 3 aliphatic rings. The number of hydrogen-bond donors (Lipinski definition) is 12. The number of nitrogens with zero attached hydrogens (tertiary/aromatic N) is 6. The Morgan fingerprint density at radius 3 is 0.964 bits per heavy atom. The van der Waals surface area contributed by atoms with Gasteiger partial charge in [0.2, 0.25) is 0 Å². The maximum atomic E-state index is 10.4. The van der Waals surface area contributed by atoms with Gasteiger partial charge in [-0.1, -0.05) is 12.1 Å². The SMILES string of the molecule is O=P(O)(O)F.O=P(O)(O)F.O=P(O)(O)F.O=P(O)(O)F.O=P(O)(O)F.O=P(O)(O)F.c1ccc2c(c1)nnn2O[P+](N1CCCC1)(N1CCCC1)N1CCCC1. The summed E-state index contributed by atoms with van der Waals surface area (Å²) in [5, 5.41) is 8.72. The van der Waals surface area contributed by atoms with Crippen molar-refractivity contribution >= 4 is 66.4 Å². The number of para-hydroxylation sites is 1. The minimum Gasteiger partial charge on any atom is -0.299 e. The second kappa shape index (κ2) is 25.1. The molecule has 38 heteroatoms. The van der Waals surface area contributed by atoms with E-state index < -0.39 is 55.4 Å². The Morgan fingerprint density at radius 2 is 0.714 bits per heavy atom. The zero-order chi connectivity index (χ0) is 44.4. The first kappa shape index (κ1) is 57.3. The number of benzene rings is 1. The smallest absolute Gasteiger partial charge is 0.299 e. The lowest BCUT2D eigenvalue weighted by Gasteiger charge is -2.39. The molecule has 332 valence electrons. The molecule has 3 fully saturated rings. The van der Waals surface area contributed by atoms with E-state index in [1.54, 1.807) is 4.85 Å². The summed E-state index contributed by atoms with van der Waals surface area (Å²) in [5.74, 6) is 0. The van der Waals surface area contributed by atoms with Crippen LogP contribution in [0.15, 0.2) is 24.3 Å². The molecule has 0 aliphatic carbocycles. The van der Waals surface area contributed by atoms with Gasteiger partial charge in [-0.25, -0.2) is 27.4 Å². The summed E-state index contributed by atoms with van der Waals surface area (Å²) >= 11 is 0. The molecule has 5 rings (SSSR count). The second-order valence-corrected chi connectivity index (χ2v) is 18.9. The minimum atomic E-state index is -5.14. The van der Waals surface area contributed by atoms with Crippen LogP contribution in [0.4, 0.5) is 25.2 Å². The van der Waals surface area contributed by atoms with Crippen LogP contribution in [-0.2, 0) is 27.4 Å². The molecule has 0 amide bonds. The Labute approximate surface area is 313 Å². The maximum Gasteiger partial charge on any atom is 0.507 e. The van der Waals surface area contributed by atoms with Gasteiger partial charge < -0.3 is 0 Å². The molecule has 0 unspecified atom stereocenters. The van der Waals surface area contributed by atoms with Crippen molar-refractivity contribution in [1.82, 2.24) is 29.2 Å². The third kappa shape index (κ3) is 36.3. The van der Waals surface area contributed by atoms with Crippen LogP contribution in [0.25, 0.3) is 11.0 Å². The van der Waals surface area contributed by atoms with Crippen LogP contribution in [0.2, 0.25) is 0 Å². The van der Waals surface area contributed by atoms with Gasteiger partial charge in [0.15, 0.2) is 0 Å². The van der Waals surface area contributed by atoms with Crippen LogP contribution >= 0.6 is 55.4 Å². The quantitative estimate of drug-likeness (QED) is 0.151. The van der Waals surface area contributed by atoms with Gasteiger partial charge in [0.25, 0.3) is 0 Å². The first-order valence-electron chi connectivity index (χ1n) is 14.5. The Kier molecular flexibility index (Phi) is 25.7. The van der Waals surface area contributed by atoms with Crippen molar-refractivity contribution in [3.63, 3.8) is 0 Å². The van der Waals surface area contributed by atoms with E-state index >= 15 is 0 Å². The fraction of sp³-hybridized carbons (Fsp3) is 0.667. The molecule has 0 atom stereocenters. The molecule has 1 aromatic heterocycles. The summed E-state index contributed by atoms with van der Waals surface area (Å²) in [6.45, 7) is 6.79. The maximum absolute atomic E-state index is 10.4. The Hall–Kier alpha value is -0.790. The summed E-state index contributed by atoms with van der Waals surface area (Å²) < 4.78 is 129. The topological polar surface area (TPSA) is 395 Å². The third-order valence-corrected chi connectivity index (χ3v) is 9.65. The van der Waals surface area contributed by atoms with Crippen molar-refractivity contribution in [3.8, 4) is 0 Å². The van der Waals surface area contributed by atoms with Gasteiger partial charge in [0, 0.05) is 39.3 Å². The molecule has 0 bridgehead atoms. The number of rotatable bonds is 5. The van der Waals surface area contributed by atoms with Gasteiger partial charge in [-0.2, -0.15) is 4.62 Å². The van der Waals surface area contributed by atoms with Gasteiger partial charge >= 0.3 is 55.4 Å². The van der Waals surface area contributed by atoms with Crippen molar-refractivity contribution in [1.29, 1.82) is 0 Å². The van der Waals surface area contributed by atoms with Gasteiger partial charge in [-0.15, -0.1) is 44.3 Å². The summed E-state index contributed by atoms with van der Waals surface area (Å²) in [5.41, 5.74) is 1.87. The Morgan fingerprint density at radius 1 is 0.482 bits per heavy atom. The third-order valence-electron chi connectivity index (χ3n) is 5.86. The van der Waals surface area contributed by atoms with E-state index in [0.717, 1.165) is 50.3 Å². The molecular formula is C18H40F6N6O19P7+. The lowest BCUT2D eigenvalue weighted by molar-refractivity contribution is 0.169. The molecule has 12 N–H and O–H groups in total. The monoisotopic (exact) mass is 975 g/mol. The van der Waals surface area contributed by atoms with Crippen LogP contribution in [0, 0.1) is 0 Å². The fourth-order valence-electron chi connectivity index (χ4n) is 4.59. The highest BCUT2D eigenvalue weighted by Gasteiger charge is 2.63. The van der Waals surface area contributed by atoms with Gasteiger partial charge in [-0.05, 0) is 60.7 Å². The molecule has 4 heterocycles. The summed E-state index contributed by atoms with van der Waals surface area (Å²) in [7, 11) is -32.9. The van der Waals surface area contributed by atoms with Crippen LogP contribution in [0.3, 0.4) is 0 Å². The standard InChI is InChI=1S/C18H28N6OP.6FH2O3P/c1-2-10-18-17(9-1)19-20-24(18)25-26(21-11-3-4-12-21,22-13-5-6-14-22)23-15-7-8-16-23;6*1-5(2,3)4/h1-2,9-10H,3-8,11-16H2;6*(H2,2,3,4)/q+1;;;;;;. The highest BCUT2D eigenvalue weighted by molar-refractivity contribution is 7.64. The van der Waals surface area contributed by atoms with Crippen molar-refractivity contribution in [2.24, 2.45) is 0 Å². The molecule has 0 radical (unpaired) electrons. The fourth-order valence-corrected chi connectivity index (χ4v) is 8.71. The van der Waals surface area contributed by atoms with E-state index in [2.05, 4.69) is 30.4 Å². The predicted octanol–water partition coefficient (Wildman–Crippen LogP) is 3.12. The number of aromatic nitrogens is 3. The molecule has 56 heavy (non-hydrogen) atoms. The van der Waals surface area contributed by atoms with E-state index in [9.17, 15) is 25.2 Å². The number of hydrogen-bond acceptors (Lipinski definition) is 12. The van der Waals surface area contributed by atoms with Gasteiger partial charge in [-0.3, -0.25) is 58.7 Å². The molecule has 1 aromatic carbocycles. The van der Waals surface area contributed by atoms with E-state index in [-0.39, 0.29) is 0 Å². The average molecular weight is 975 g/mol. The van der Waals surface area contributed by atoms with E-state index in [0.29, 0.717) is 0 Å². The molecule has 3 aliphatic heterocycles. The largest absolute Gasteiger partial charge is 0.507 e. The second-order valence-electron chi connectivity index (χ2n) is 10.4. The lowest BCUT2D eigenvalue weighted by Crippen LogP contribution is -2.47. The normalized spacial score (nSPS) is 17.2. The molecule has 0 spiro atoms. The van der Waals surface area contributed by atoms with Crippen molar-refractivity contribution < 1.29 is 116 Å². The predicted molar refractivity (Wildman–Crippen MR) is 182 cm³/mol. The summed E-state index contributed by atoms with van der Waals surface area (Å²) in [6.07, 6.45) is 7.61. The number of fused-ring (bicyclic) bond motifs is 1. The van der Waals surface area contributed by atoms with Crippen molar-refractivity contribution in [2.75, 3.05) is 39.3 Å². The van der Waals surface area contributed by atoms with Crippen LogP contribution in [0.1, 0.15) is 38.5 Å².